The van der Waals surface area contributed by atoms with Crippen LogP contribution in [0.2, 0.25) is 0 Å². The number of rotatable bonds is 8. The molecule has 21 heavy (non-hydrogen) atoms. The number of carbonyl (C=O) groups is 1. The Hall–Kier alpha value is -1.95. The molecule has 0 aromatic heterocycles. The first-order valence-electron chi connectivity index (χ1n) is 6.98. The predicted octanol–water partition coefficient (Wildman–Crippen LogP) is 2.43. The van der Waals surface area contributed by atoms with Crippen molar-refractivity contribution >= 4 is 17.7 Å². The maximum absolute atomic E-state index is 11.3. The summed E-state index contributed by atoms with van der Waals surface area (Å²) in [6, 6.07) is 4.63. The molecule has 0 aliphatic carbocycles. The summed E-state index contributed by atoms with van der Waals surface area (Å²) >= 11 is 0. The predicted molar refractivity (Wildman–Crippen MR) is 84.1 cm³/mol. The smallest absolute Gasteiger partial charge is 0.293 e. The second kappa shape index (κ2) is 7.73. The molecule has 6 nitrogen and oxygen atoms in total. The van der Waals surface area contributed by atoms with Crippen molar-refractivity contribution in [3.8, 4) is 0 Å². The second-order valence-electron chi connectivity index (χ2n) is 5.77. The topological polar surface area (TPSA) is 66.7 Å². The van der Waals surface area contributed by atoms with Crippen molar-refractivity contribution in [1.29, 1.82) is 0 Å². The molecule has 1 aromatic carbocycles. The van der Waals surface area contributed by atoms with E-state index >= 15 is 0 Å². The van der Waals surface area contributed by atoms with Gasteiger partial charge in [0.1, 0.15) is 12.0 Å². The van der Waals surface area contributed by atoms with E-state index in [2.05, 4.69) is 13.8 Å². The van der Waals surface area contributed by atoms with E-state index in [9.17, 15) is 14.9 Å². The van der Waals surface area contributed by atoms with E-state index in [0.717, 1.165) is 13.1 Å². The van der Waals surface area contributed by atoms with Gasteiger partial charge >= 0.3 is 0 Å². The largest absolute Gasteiger partial charge is 0.364 e. The third-order valence-corrected chi connectivity index (χ3v) is 3.08. The highest BCUT2D eigenvalue weighted by Crippen LogP contribution is 2.29. The monoisotopic (exact) mass is 293 g/mol. The van der Waals surface area contributed by atoms with Crippen molar-refractivity contribution in [3.63, 3.8) is 0 Å². The highest BCUT2D eigenvalue weighted by atomic mass is 16.6. The average molecular weight is 293 g/mol. The first kappa shape index (κ1) is 17.1. The third kappa shape index (κ3) is 5.15. The van der Waals surface area contributed by atoms with Crippen molar-refractivity contribution in [2.45, 2.75) is 13.8 Å². The first-order valence-corrected chi connectivity index (χ1v) is 6.98. The molecule has 1 aromatic rings. The van der Waals surface area contributed by atoms with Gasteiger partial charge in [-0.05, 0) is 32.1 Å². The molecule has 0 aliphatic rings. The van der Waals surface area contributed by atoms with E-state index in [1.165, 1.54) is 6.07 Å². The van der Waals surface area contributed by atoms with Gasteiger partial charge < -0.3 is 9.80 Å². The Morgan fingerprint density at radius 2 is 1.95 bits per heavy atom. The maximum Gasteiger partial charge on any atom is 0.293 e. The summed E-state index contributed by atoms with van der Waals surface area (Å²) in [7, 11) is 3.94. The Kier molecular flexibility index (Phi) is 6.30. The summed E-state index contributed by atoms with van der Waals surface area (Å²) in [5, 5.41) is 11.3. The molecule has 0 saturated carbocycles. The molecule has 0 spiro atoms. The second-order valence-corrected chi connectivity index (χ2v) is 5.77. The van der Waals surface area contributed by atoms with E-state index in [0.29, 0.717) is 30.0 Å². The van der Waals surface area contributed by atoms with E-state index in [1.807, 2.05) is 23.9 Å². The third-order valence-electron chi connectivity index (χ3n) is 3.08. The highest BCUT2D eigenvalue weighted by molar-refractivity contribution is 5.79. The number of hydrogen-bond acceptors (Lipinski definition) is 5. The molecule has 0 heterocycles. The molecule has 0 N–H and O–H groups in total. The van der Waals surface area contributed by atoms with Crippen molar-refractivity contribution in [2.75, 3.05) is 38.6 Å². The fourth-order valence-electron chi connectivity index (χ4n) is 2.10. The lowest BCUT2D eigenvalue weighted by molar-refractivity contribution is -0.384. The molecular formula is C15H23N3O3. The molecule has 0 bridgehead atoms. The number of benzene rings is 1. The van der Waals surface area contributed by atoms with Crippen molar-refractivity contribution in [2.24, 2.45) is 5.92 Å². The number of hydrogen-bond donors (Lipinski definition) is 0. The number of anilines is 1. The minimum absolute atomic E-state index is 0.0148. The maximum atomic E-state index is 11.3. The Balaban J connectivity index is 3.15. The molecule has 0 atom stereocenters. The Bertz CT molecular complexity index is 501. The van der Waals surface area contributed by atoms with Crippen LogP contribution in [0.5, 0.6) is 0 Å². The Morgan fingerprint density at radius 3 is 2.43 bits per heavy atom. The van der Waals surface area contributed by atoms with Crippen LogP contribution in [-0.2, 0) is 0 Å². The van der Waals surface area contributed by atoms with Gasteiger partial charge in [0.25, 0.3) is 5.69 Å². The summed E-state index contributed by atoms with van der Waals surface area (Å²) < 4.78 is 0. The van der Waals surface area contributed by atoms with E-state index < -0.39 is 4.92 Å². The first-order chi connectivity index (χ1) is 9.85. The van der Waals surface area contributed by atoms with E-state index in [4.69, 9.17) is 0 Å². The van der Waals surface area contributed by atoms with E-state index in [-0.39, 0.29) is 5.69 Å². The Labute approximate surface area is 125 Å². The molecule has 0 unspecified atom stereocenters. The molecule has 0 radical (unpaired) electrons. The summed E-state index contributed by atoms with van der Waals surface area (Å²) in [6.45, 7) is 6.39. The van der Waals surface area contributed by atoms with Gasteiger partial charge in [-0.25, -0.2) is 0 Å². The van der Waals surface area contributed by atoms with Gasteiger partial charge in [-0.15, -0.1) is 0 Å². The minimum Gasteiger partial charge on any atom is -0.364 e. The molecular weight excluding hydrogens is 270 g/mol. The van der Waals surface area contributed by atoms with Crippen LogP contribution in [0, 0.1) is 16.0 Å². The Morgan fingerprint density at radius 1 is 1.29 bits per heavy atom. The van der Waals surface area contributed by atoms with Crippen LogP contribution in [0.25, 0.3) is 0 Å². The van der Waals surface area contributed by atoms with Crippen LogP contribution in [-0.4, -0.2) is 49.8 Å². The van der Waals surface area contributed by atoms with Crippen LogP contribution < -0.4 is 4.90 Å². The van der Waals surface area contributed by atoms with E-state index in [1.54, 1.807) is 12.1 Å². The molecule has 0 fully saturated rings. The van der Waals surface area contributed by atoms with Gasteiger partial charge in [-0.2, -0.15) is 0 Å². The number of aldehydes is 1. The van der Waals surface area contributed by atoms with Crippen molar-refractivity contribution in [3.05, 3.63) is 33.9 Å². The fourth-order valence-corrected chi connectivity index (χ4v) is 2.10. The van der Waals surface area contributed by atoms with Crippen LogP contribution in [0.15, 0.2) is 18.2 Å². The standard InChI is InChI=1S/C15H23N3O3/c1-12(2)10-17(8-7-16(3)4)14-6-5-13(11-19)9-15(14)18(20)21/h5-6,9,11-12H,7-8,10H2,1-4H3. The molecule has 0 amide bonds. The summed E-state index contributed by atoms with van der Waals surface area (Å²) in [5.41, 5.74) is 0.878. The lowest BCUT2D eigenvalue weighted by atomic mass is 10.1. The quantitative estimate of drug-likeness (QED) is 0.418. The number of nitrogens with zero attached hydrogens (tertiary/aromatic N) is 3. The lowest BCUT2D eigenvalue weighted by Crippen LogP contribution is -2.34. The van der Waals surface area contributed by atoms with Crippen LogP contribution in [0.1, 0.15) is 24.2 Å². The van der Waals surface area contributed by atoms with Gasteiger partial charge in [-0.3, -0.25) is 14.9 Å². The van der Waals surface area contributed by atoms with Gasteiger partial charge in [0.05, 0.1) is 4.92 Å². The normalized spacial score (nSPS) is 11.0. The van der Waals surface area contributed by atoms with Crippen LogP contribution >= 0.6 is 0 Å². The minimum atomic E-state index is -0.425. The van der Waals surface area contributed by atoms with Gasteiger partial charge in [0.2, 0.25) is 0 Å². The number of carbonyl (C=O) groups excluding carboxylic acids is 1. The van der Waals surface area contributed by atoms with Crippen LogP contribution in [0.3, 0.4) is 0 Å². The molecule has 0 saturated heterocycles. The van der Waals surface area contributed by atoms with Crippen LogP contribution in [0.4, 0.5) is 11.4 Å². The van der Waals surface area contributed by atoms with Crippen molar-refractivity contribution < 1.29 is 9.72 Å². The highest BCUT2D eigenvalue weighted by Gasteiger charge is 2.20. The average Bonchev–Trinajstić information content (AvgIpc) is 2.42. The number of nitro benzene ring substituents is 1. The number of likely N-dealkylation sites (N-methyl/N-ethyl adjacent to an activating group) is 1. The number of nitro groups is 1. The molecule has 0 aliphatic heterocycles. The summed E-state index contributed by atoms with van der Waals surface area (Å²) in [4.78, 5) is 25.7. The van der Waals surface area contributed by atoms with Crippen molar-refractivity contribution in [1.82, 2.24) is 4.90 Å². The van der Waals surface area contributed by atoms with Gasteiger partial charge in [0, 0.05) is 31.3 Å². The summed E-state index contributed by atoms with van der Waals surface area (Å²) in [5.74, 6) is 0.387. The SMILES string of the molecule is CC(C)CN(CCN(C)C)c1ccc(C=O)cc1[N+](=O)[O-]. The zero-order chi connectivity index (χ0) is 16.0. The molecule has 6 heteroatoms. The molecule has 1 rings (SSSR count). The lowest BCUT2D eigenvalue weighted by Gasteiger charge is -2.27. The van der Waals surface area contributed by atoms with Gasteiger partial charge in [0.15, 0.2) is 0 Å². The zero-order valence-electron chi connectivity index (χ0n) is 13.1. The summed E-state index contributed by atoms with van der Waals surface area (Å²) in [6.07, 6.45) is 0.628. The van der Waals surface area contributed by atoms with Gasteiger partial charge in [-0.1, -0.05) is 13.8 Å². The molecule has 116 valence electrons. The fraction of sp³-hybridized carbons (Fsp3) is 0.533. The zero-order valence-corrected chi connectivity index (χ0v) is 13.1.